The first-order chi connectivity index (χ1) is 18.5. The minimum Gasteiger partial charge on any atom is -0.497 e. The lowest BCUT2D eigenvalue weighted by Crippen LogP contribution is -2.50. The Morgan fingerprint density at radius 3 is 2.32 bits per heavy atom. The molecule has 3 aromatic rings. The number of nitrogens with one attached hydrogen (secondary N) is 2. The summed E-state index contributed by atoms with van der Waals surface area (Å²) in [6.45, 7) is 2.35. The normalized spacial score (nSPS) is 20.1. The smallest absolute Gasteiger partial charge is 0.253 e. The van der Waals surface area contributed by atoms with Crippen molar-refractivity contribution in [2.24, 2.45) is 0 Å². The number of fused-ring (bicyclic) bond motifs is 2. The Kier molecular flexibility index (Phi) is 7.49. The second kappa shape index (κ2) is 11.1. The Balaban J connectivity index is 1.18. The molecule has 0 spiro atoms. The first-order valence-corrected chi connectivity index (χ1v) is 13.1. The number of carbonyl (C=O) groups is 2. The van der Waals surface area contributed by atoms with Gasteiger partial charge in [0.25, 0.3) is 11.8 Å². The summed E-state index contributed by atoms with van der Waals surface area (Å²) in [5.41, 5.74) is 3.04. The van der Waals surface area contributed by atoms with Crippen molar-refractivity contribution in [2.45, 2.75) is 57.3 Å². The first kappa shape index (κ1) is 25.6. The summed E-state index contributed by atoms with van der Waals surface area (Å²) >= 11 is 0. The van der Waals surface area contributed by atoms with E-state index in [0.29, 0.717) is 29.8 Å². The SMILES string of the molecule is COc1ccc(CNC(=O)c2ccc(N3[C@@H]4CC[C@H]3CC(NC(=O)c3cccc(OC)c3C)C4)nc2)cc1. The molecule has 2 N–H and O–H groups in total. The molecule has 3 atom stereocenters. The van der Waals surface area contributed by atoms with E-state index >= 15 is 0 Å². The Morgan fingerprint density at radius 2 is 1.68 bits per heavy atom. The van der Waals surface area contributed by atoms with E-state index in [0.717, 1.165) is 54.1 Å². The Bertz CT molecular complexity index is 1280. The van der Waals surface area contributed by atoms with Gasteiger partial charge in [0, 0.05) is 42.0 Å². The molecule has 2 fully saturated rings. The molecule has 3 heterocycles. The van der Waals surface area contributed by atoms with Crippen molar-refractivity contribution in [1.29, 1.82) is 0 Å². The van der Waals surface area contributed by atoms with Crippen molar-refractivity contribution < 1.29 is 19.1 Å². The Morgan fingerprint density at radius 1 is 0.947 bits per heavy atom. The third-order valence-electron chi connectivity index (χ3n) is 7.70. The van der Waals surface area contributed by atoms with Crippen molar-refractivity contribution in [1.82, 2.24) is 15.6 Å². The third kappa shape index (κ3) is 5.30. The Labute approximate surface area is 223 Å². The van der Waals surface area contributed by atoms with E-state index in [1.165, 1.54) is 0 Å². The number of aromatic nitrogens is 1. The quantitative estimate of drug-likeness (QED) is 0.467. The van der Waals surface area contributed by atoms with E-state index in [1.54, 1.807) is 20.4 Å². The number of methoxy groups -OCH3 is 2. The van der Waals surface area contributed by atoms with Gasteiger partial charge >= 0.3 is 0 Å². The lowest BCUT2D eigenvalue weighted by Gasteiger charge is -2.40. The van der Waals surface area contributed by atoms with Crippen LogP contribution < -0.4 is 25.0 Å². The van der Waals surface area contributed by atoms with Crippen LogP contribution >= 0.6 is 0 Å². The van der Waals surface area contributed by atoms with E-state index in [1.807, 2.05) is 61.5 Å². The van der Waals surface area contributed by atoms with Crippen LogP contribution in [0.3, 0.4) is 0 Å². The first-order valence-electron chi connectivity index (χ1n) is 13.1. The van der Waals surface area contributed by atoms with Crippen LogP contribution in [0.1, 0.15) is 57.5 Å². The van der Waals surface area contributed by atoms with Crippen molar-refractivity contribution in [3.05, 3.63) is 83.0 Å². The molecular weight excluding hydrogens is 480 g/mol. The number of hydrogen-bond donors (Lipinski definition) is 2. The van der Waals surface area contributed by atoms with Crippen LogP contribution in [0.15, 0.2) is 60.8 Å². The number of ether oxygens (including phenoxy) is 2. The highest BCUT2D eigenvalue weighted by molar-refractivity contribution is 5.96. The predicted molar refractivity (Wildman–Crippen MR) is 146 cm³/mol. The van der Waals surface area contributed by atoms with Gasteiger partial charge < -0.3 is 25.0 Å². The second-order valence-corrected chi connectivity index (χ2v) is 10.0. The molecular formula is C30H34N4O4. The highest BCUT2D eigenvalue weighted by Gasteiger charge is 2.42. The third-order valence-corrected chi connectivity index (χ3v) is 7.70. The fourth-order valence-electron chi connectivity index (χ4n) is 5.71. The highest BCUT2D eigenvalue weighted by Crippen LogP contribution is 2.38. The average Bonchev–Trinajstić information content (AvgIpc) is 3.21. The summed E-state index contributed by atoms with van der Waals surface area (Å²) in [6, 6.07) is 17.7. The number of pyridine rings is 1. The molecule has 1 unspecified atom stereocenters. The zero-order valence-corrected chi connectivity index (χ0v) is 22.1. The van der Waals surface area contributed by atoms with E-state index in [4.69, 9.17) is 9.47 Å². The van der Waals surface area contributed by atoms with E-state index in [-0.39, 0.29) is 17.9 Å². The van der Waals surface area contributed by atoms with Crippen molar-refractivity contribution in [2.75, 3.05) is 19.1 Å². The number of anilines is 1. The minimum atomic E-state index is -0.155. The molecule has 2 aliphatic heterocycles. The summed E-state index contributed by atoms with van der Waals surface area (Å²) in [5, 5.41) is 6.21. The van der Waals surface area contributed by atoms with Gasteiger partial charge in [-0.05, 0) is 74.6 Å². The molecule has 2 aromatic carbocycles. The molecule has 8 heteroatoms. The Hall–Kier alpha value is -4.07. The number of hydrogen-bond acceptors (Lipinski definition) is 6. The van der Waals surface area contributed by atoms with Gasteiger partial charge in [0.2, 0.25) is 0 Å². The van der Waals surface area contributed by atoms with Gasteiger partial charge in [0.05, 0.1) is 19.8 Å². The summed E-state index contributed by atoms with van der Waals surface area (Å²) in [6.07, 6.45) is 5.54. The molecule has 38 heavy (non-hydrogen) atoms. The highest BCUT2D eigenvalue weighted by atomic mass is 16.5. The lowest BCUT2D eigenvalue weighted by atomic mass is 9.96. The van der Waals surface area contributed by atoms with Gasteiger partial charge in [0.1, 0.15) is 17.3 Å². The number of nitrogens with zero attached hydrogens (tertiary/aromatic N) is 2. The van der Waals surface area contributed by atoms with Gasteiger partial charge in [-0.15, -0.1) is 0 Å². The fourth-order valence-corrected chi connectivity index (χ4v) is 5.71. The number of piperidine rings is 1. The van der Waals surface area contributed by atoms with Gasteiger partial charge in [-0.1, -0.05) is 18.2 Å². The van der Waals surface area contributed by atoms with Crippen LogP contribution in [0.25, 0.3) is 0 Å². The molecule has 1 aromatic heterocycles. The zero-order valence-electron chi connectivity index (χ0n) is 22.1. The van der Waals surface area contributed by atoms with Gasteiger partial charge in [0.15, 0.2) is 0 Å². The second-order valence-electron chi connectivity index (χ2n) is 10.0. The van der Waals surface area contributed by atoms with Gasteiger partial charge in [-0.3, -0.25) is 9.59 Å². The average molecular weight is 515 g/mol. The molecule has 198 valence electrons. The largest absolute Gasteiger partial charge is 0.497 e. The molecule has 0 aliphatic carbocycles. The molecule has 2 saturated heterocycles. The predicted octanol–water partition coefficient (Wildman–Crippen LogP) is 4.27. The van der Waals surface area contributed by atoms with E-state index in [9.17, 15) is 9.59 Å². The van der Waals surface area contributed by atoms with E-state index < -0.39 is 0 Å². The van der Waals surface area contributed by atoms with Gasteiger partial charge in [-0.2, -0.15) is 0 Å². The van der Waals surface area contributed by atoms with Crippen LogP contribution in [-0.4, -0.2) is 49.1 Å². The molecule has 0 saturated carbocycles. The molecule has 8 nitrogen and oxygen atoms in total. The molecule has 5 rings (SSSR count). The summed E-state index contributed by atoms with van der Waals surface area (Å²) < 4.78 is 10.6. The monoisotopic (exact) mass is 514 g/mol. The maximum atomic E-state index is 13.0. The molecule has 2 aliphatic rings. The lowest BCUT2D eigenvalue weighted by molar-refractivity contribution is 0.0923. The number of amides is 2. The van der Waals surface area contributed by atoms with Crippen molar-refractivity contribution >= 4 is 17.6 Å². The standard InChI is InChI=1S/C30H34N4O4/c1-19-26(5-4-6-27(19)38-3)30(36)33-22-15-23-10-11-24(16-22)34(23)28-14-9-21(18-31-28)29(35)32-17-20-7-12-25(37-2)13-8-20/h4-9,12-14,18,22-24H,10-11,15-17H2,1-3H3,(H,32,35)(H,33,36)/t22?,23-,24+. The number of carbonyl (C=O) groups excluding carboxylic acids is 2. The van der Waals surface area contributed by atoms with Gasteiger partial charge in [-0.25, -0.2) is 4.98 Å². The van der Waals surface area contributed by atoms with Crippen molar-refractivity contribution in [3.8, 4) is 11.5 Å². The molecule has 2 amide bonds. The van der Waals surface area contributed by atoms with Crippen LogP contribution in [0.5, 0.6) is 11.5 Å². The molecule has 2 bridgehead atoms. The maximum Gasteiger partial charge on any atom is 0.253 e. The summed E-state index contributed by atoms with van der Waals surface area (Å²) in [4.78, 5) is 32.7. The fraction of sp³-hybridized carbons (Fsp3) is 0.367. The minimum absolute atomic E-state index is 0.0534. The van der Waals surface area contributed by atoms with Crippen LogP contribution in [0, 0.1) is 6.92 Å². The number of rotatable bonds is 8. The van der Waals surface area contributed by atoms with Crippen LogP contribution in [0.4, 0.5) is 5.82 Å². The topological polar surface area (TPSA) is 92.8 Å². The maximum absolute atomic E-state index is 13.0. The zero-order chi connectivity index (χ0) is 26.6. The van der Waals surface area contributed by atoms with E-state index in [2.05, 4.69) is 20.5 Å². The van der Waals surface area contributed by atoms with Crippen LogP contribution in [-0.2, 0) is 6.54 Å². The van der Waals surface area contributed by atoms with Crippen molar-refractivity contribution in [3.63, 3.8) is 0 Å². The van der Waals surface area contributed by atoms with Crippen LogP contribution in [0.2, 0.25) is 0 Å². The number of benzene rings is 2. The summed E-state index contributed by atoms with van der Waals surface area (Å²) in [5.74, 6) is 2.18. The molecule has 0 radical (unpaired) electrons. The summed E-state index contributed by atoms with van der Waals surface area (Å²) in [7, 11) is 3.25.